The molecule has 1 aliphatic carbocycles. The van der Waals surface area contributed by atoms with E-state index < -0.39 is 10.9 Å². The summed E-state index contributed by atoms with van der Waals surface area (Å²) in [7, 11) is 0. The van der Waals surface area contributed by atoms with Crippen molar-refractivity contribution in [2.24, 2.45) is 0 Å². The molecule has 0 bridgehead atoms. The summed E-state index contributed by atoms with van der Waals surface area (Å²) in [5.41, 5.74) is 0.278. The summed E-state index contributed by atoms with van der Waals surface area (Å²) in [6.45, 7) is 0. The highest BCUT2D eigenvalue weighted by molar-refractivity contribution is 5.90. The molecule has 2 N–H and O–H groups in total. The highest BCUT2D eigenvalue weighted by Crippen LogP contribution is 2.29. The van der Waals surface area contributed by atoms with Crippen molar-refractivity contribution in [2.75, 3.05) is 5.32 Å². The summed E-state index contributed by atoms with van der Waals surface area (Å²) in [6, 6.07) is 4.02. The SMILES string of the molecule is O=C(O)c1ccc([N+](=O)[O-])c(NC2CCCC2)c1. The van der Waals surface area contributed by atoms with Gasteiger partial charge in [0.2, 0.25) is 0 Å². The largest absolute Gasteiger partial charge is 0.478 e. The minimum Gasteiger partial charge on any atom is -0.478 e. The van der Waals surface area contributed by atoms with Crippen molar-refractivity contribution < 1.29 is 14.8 Å². The molecule has 6 heteroatoms. The van der Waals surface area contributed by atoms with Crippen molar-refractivity contribution in [1.29, 1.82) is 0 Å². The van der Waals surface area contributed by atoms with Crippen LogP contribution in [0, 0.1) is 10.1 Å². The Kier molecular flexibility index (Phi) is 3.45. The topological polar surface area (TPSA) is 92.5 Å². The van der Waals surface area contributed by atoms with Crippen LogP contribution in [0.1, 0.15) is 36.0 Å². The molecule has 0 unspecified atom stereocenters. The third kappa shape index (κ3) is 2.58. The Balaban J connectivity index is 2.30. The molecule has 1 aromatic carbocycles. The highest BCUT2D eigenvalue weighted by Gasteiger charge is 2.21. The van der Waals surface area contributed by atoms with Gasteiger partial charge in [-0.05, 0) is 25.0 Å². The van der Waals surface area contributed by atoms with Gasteiger partial charge in [0.25, 0.3) is 5.69 Å². The number of carboxylic acids is 1. The van der Waals surface area contributed by atoms with Crippen LogP contribution in [-0.4, -0.2) is 22.0 Å². The first-order chi connectivity index (χ1) is 8.58. The van der Waals surface area contributed by atoms with Gasteiger partial charge in [-0.3, -0.25) is 10.1 Å². The molecular weight excluding hydrogens is 236 g/mol. The zero-order valence-electron chi connectivity index (χ0n) is 9.76. The van der Waals surface area contributed by atoms with Gasteiger partial charge in [0, 0.05) is 12.1 Å². The summed E-state index contributed by atoms with van der Waals surface area (Å²) >= 11 is 0. The summed E-state index contributed by atoms with van der Waals surface area (Å²) in [5.74, 6) is -1.08. The smallest absolute Gasteiger partial charge is 0.335 e. The van der Waals surface area contributed by atoms with Crippen LogP contribution in [0.3, 0.4) is 0 Å². The zero-order chi connectivity index (χ0) is 13.1. The third-order valence-corrected chi connectivity index (χ3v) is 3.15. The number of rotatable bonds is 4. The molecule has 0 aliphatic heterocycles. The first-order valence-corrected chi connectivity index (χ1v) is 5.86. The zero-order valence-corrected chi connectivity index (χ0v) is 9.76. The van der Waals surface area contributed by atoms with Gasteiger partial charge < -0.3 is 10.4 Å². The van der Waals surface area contributed by atoms with Crippen molar-refractivity contribution in [3.8, 4) is 0 Å². The van der Waals surface area contributed by atoms with E-state index in [4.69, 9.17) is 5.11 Å². The fourth-order valence-electron chi connectivity index (χ4n) is 2.23. The molecule has 0 radical (unpaired) electrons. The van der Waals surface area contributed by atoms with Gasteiger partial charge in [-0.15, -0.1) is 0 Å². The normalized spacial score (nSPS) is 15.6. The minimum atomic E-state index is -1.08. The maximum Gasteiger partial charge on any atom is 0.335 e. The number of hydrogen-bond donors (Lipinski definition) is 2. The summed E-state index contributed by atoms with van der Waals surface area (Å²) in [4.78, 5) is 21.3. The Bertz CT molecular complexity index is 481. The van der Waals surface area contributed by atoms with E-state index >= 15 is 0 Å². The van der Waals surface area contributed by atoms with Crippen LogP contribution in [0.5, 0.6) is 0 Å². The third-order valence-electron chi connectivity index (χ3n) is 3.15. The Morgan fingerprint density at radius 1 is 1.39 bits per heavy atom. The molecule has 0 heterocycles. The van der Waals surface area contributed by atoms with E-state index in [1.54, 1.807) is 0 Å². The number of hydrogen-bond acceptors (Lipinski definition) is 4. The number of nitro benzene ring substituents is 1. The average Bonchev–Trinajstić information content (AvgIpc) is 2.81. The van der Waals surface area contributed by atoms with Crippen LogP contribution >= 0.6 is 0 Å². The first kappa shape index (κ1) is 12.3. The lowest BCUT2D eigenvalue weighted by Crippen LogP contribution is -2.16. The fraction of sp³-hybridized carbons (Fsp3) is 0.417. The fourth-order valence-corrected chi connectivity index (χ4v) is 2.23. The number of nitrogens with one attached hydrogen (secondary N) is 1. The molecular formula is C12H14N2O4. The number of aromatic carboxylic acids is 1. The lowest BCUT2D eigenvalue weighted by Gasteiger charge is -2.13. The number of benzene rings is 1. The number of nitrogens with zero attached hydrogens (tertiary/aromatic N) is 1. The predicted octanol–water partition coefficient (Wildman–Crippen LogP) is 2.65. The number of anilines is 1. The van der Waals surface area contributed by atoms with Crippen LogP contribution in [0.15, 0.2) is 18.2 Å². The van der Waals surface area contributed by atoms with Gasteiger partial charge in [0.05, 0.1) is 10.5 Å². The molecule has 1 aliphatic rings. The Labute approximate surface area is 104 Å². The predicted molar refractivity (Wildman–Crippen MR) is 65.9 cm³/mol. The van der Waals surface area contributed by atoms with Crippen molar-refractivity contribution >= 4 is 17.3 Å². The second-order valence-electron chi connectivity index (χ2n) is 4.42. The maximum absolute atomic E-state index is 10.9. The van der Waals surface area contributed by atoms with E-state index in [1.807, 2.05) is 0 Å². The quantitative estimate of drug-likeness (QED) is 0.633. The maximum atomic E-state index is 10.9. The van der Waals surface area contributed by atoms with E-state index in [0.717, 1.165) is 25.7 Å². The van der Waals surface area contributed by atoms with Crippen molar-refractivity contribution in [2.45, 2.75) is 31.7 Å². The Morgan fingerprint density at radius 3 is 2.61 bits per heavy atom. The van der Waals surface area contributed by atoms with E-state index in [0.29, 0.717) is 5.69 Å². The van der Waals surface area contributed by atoms with Crippen LogP contribution in [0.25, 0.3) is 0 Å². The second-order valence-corrected chi connectivity index (χ2v) is 4.42. The Morgan fingerprint density at radius 2 is 2.06 bits per heavy atom. The summed E-state index contributed by atoms with van der Waals surface area (Å²) < 4.78 is 0. The molecule has 0 spiro atoms. The molecule has 0 atom stereocenters. The van der Waals surface area contributed by atoms with Crippen molar-refractivity contribution in [3.63, 3.8) is 0 Å². The molecule has 96 valence electrons. The van der Waals surface area contributed by atoms with Crippen LogP contribution in [-0.2, 0) is 0 Å². The van der Waals surface area contributed by atoms with Gasteiger partial charge in [-0.2, -0.15) is 0 Å². The van der Waals surface area contributed by atoms with Crippen LogP contribution in [0.4, 0.5) is 11.4 Å². The lowest BCUT2D eigenvalue weighted by molar-refractivity contribution is -0.384. The molecule has 1 aromatic rings. The molecule has 0 amide bonds. The molecule has 2 rings (SSSR count). The van der Waals surface area contributed by atoms with E-state index in [2.05, 4.69) is 5.32 Å². The van der Waals surface area contributed by atoms with Gasteiger partial charge in [-0.1, -0.05) is 12.8 Å². The molecule has 1 fully saturated rings. The van der Waals surface area contributed by atoms with E-state index in [9.17, 15) is 14.9 Å². The van der Waals surface area contributed by atoms with Crippen LogP contribution < -0.4 is 5.32 Å². The molecule has 1 saturated carbocycles. The minimum absolute atomic E-state index is 0.0566. The van der Waals surface area contributed by atoms with Crippen molar-refractivity contribution in [1.82, 2.24) is 0 Å². The first-order valence-electron chi connectivity index (χ1n) is 5.86. The second kappa shape index (κ2) is 5.03. The van der Waals surface area contributed by atoms with Gasteiger partial charge in [-0.25, -0.2) is 4.79 Å². The molecule has 18 heavy (non-hydrogen) atoms. The van der Waals surface area contributed by atoms with E-state index in [1.165, 1.54) is 18.2 Å². The van der Waals surface area contributed by atoms with Gasteiger partial charge in [0.1, 0.15) is 5.69 Å². The monoisotopic (exact) mass is 250 g/mol. The van der Waals surface area contributed by atoms with Crippen LogP contribution in [0.2, 0.25) is 0 Å². The molecule has 6 nitrogen and oxygen atoms in total. The van der Waals surface area contributed by atoms with Gasteiger partial charge in [0.15, 0.2) is 0 Å². The highest BCUT2D eigenvalue weighted by atomic mass is 16.6. The standard InChI is InChI=1S/C12H14N2O4/c15-12(16)8-5-6-11(14(17)18)10(7-8)13-9-3-1-2-4-9/h5-7,9,13H,1-4H2,(H,15,16). The Hall–Kier alpha value is -2.11. The number of carboxylic acid groups (broad SMARTS) is 1. The van der Waals surface area contributed by atoms with Crippen molar-refractivity contribution in [3.05, 3.63) is 33.9 Å². The average molecular weight is 250 g/mol. The van der Waals surface area contributed by atoms with E-state index in [-0.39, 0.29) is 17.3 Å². The molecule has 0 saturated heterocycles. The lowest BCUT2D eigenvalue weighted by atomic mass is 10.1. The summed E-state index contributed by atoms with van der Waals surface area (Å²) in [5, 5.41) is 22.9. The number of carbonyl (C=O) groups is 1. The number of nitro groups is 1. The summed E-state index contributed by atoms with van der Waals surface area (Å²) in [6.07, 6.45) is 4.14. The molecule has 0 aromatic heterocycles. The van der Waals surface area contributed by atoms with Gasteiger partial charge >= 0.3 is 5.97 Å².